The molecule has 0 saturated heterocycles. The van der Waals surface area contributed by atoms with Crippen LogP contribution in [-0.2, 0) is 4.74 Å². The summed E-state index contributed by atoms with van der Waals surface area (Å²) in [6.45, 7) is 10.8. The molecule has 1 N–H and O–H groups in total. The summed E-state index contributed by atoms with van der Waals surface area (Å²) in [6, 6.07) is 0. The first-order valence-electron chi connectivity index (χ1n) is 5.07. The number of hydrogen-bond donors (Lipinski definition) is 1. The van der Waals surface area contributed by atoms with Crippen LogP contribution in [-0.4, -0.2) is 12.1 Å². The molecular formula is C12H21NO. The van der Waals surface area contributed by atoms with Crippen LogP contribution in [0.3, 0.4) is 0 Å². The Morgan fingerprint density at radius 3 is 2.71 bits per heavy atom. The van der Waals surface area contributed by atoms with Gasteiger partial charge < -0.3 is 10.1 Å². The summed E-state index contributed by atoms with van der Waals surface area (Å²) in [5.41, 5.74) is 0.122. The van der Waals surface area contributed by atoms with Gasteiger partial charge in [0.25, 0.3) is 0 Å². The Labute approximate surface area is 87.7 Å². The van der Waals surface area contributed by atoms with E-state index in [1.807, 2.05) is 0 Å². The zero-order valence-corrected chi connectivity index (χ0v) is 9.52. The Morgan fingerprint density at radius 2 is 2.21 bits per heavy atom. The van der Waals surface area contributed by atoms with E-state index in [9.17, 15) is 0 Å². The van der Waals surface area contributed by atoms with Crippen molar-refractivity contribution in [1.29, 1.82) is 0 Å². The number of nitrogens with one attached hydrogen (secondary N) is 1. The van der Waals surface area contributed by atoms with E-state index in [1.54, 1.807) is 0 Å². The molecule has 0 radical (unpaired) electrons. The van der Waals surface area contributed by atoms with Crippen molar-refractivity contribution >= 4 is 0 Å². The Morgan fingerprint density at radius 1 is 1.57 bits per heavy atom. The van der Waals surface area contributed by atoms with Gasteiger partial charge in [0.2, 0.25) is 0 Å². The van der Waals surface area contributed by atoms with Gasteiger partial charge in [-0.3, -0.25) is 0 Å². The molecule has 0 atom stereocenters. The van der Waals surface area contributed by atoms with E-state index in [4.69, 9.17) is 11.2 Å². The summed E-state index contributed by atoms with van der Waals surface area (Å²) in [6.07, 6.45) is 10.7. The lowest BCUT2D eigenvalue weighted by Crippen LogP contribution is -2.40. The third kappa shape index (κ3) is 6.56. The summed E-state index contributed by atoms with van der Waals surface area (Å²) >= 11 is 0. The second-order valence-corrected chi connectivity index (χ2v) is 4.10. The average molecular weight is 195 g/mol. The fourth-order valence-electron chi connectivity index (χ4n) is 1.16. The van der Waals surface area contributed by atoms with E-state index in [2.05, 4.69) is 38.8 Å². The molecule has 80 valence electrons. The standard InChI is InChI=1S/C12H21NO/c1-6-8-9-12(4,5)13-10-11(3)14-7-2/h2,13H,3,6,8-10H2,1,4-5H3. The highest BCUT2D eigenvalue weighted by atomic mass is 16.5. The number of hydrogen-bond acceptors (Lipinski definition) is 2. The van der Waals surface area contributed by atoms with E-state index < -0.39 is 0 Å². The maximum absolute atomic E-state index is 4.99. The smallest absolute Gasteiger partial charge is 0.123 e. The van der Waals surface area contributed by atoms with Crippen molar-refractivity contribution in [2.75, 3.05) is 6.54 Å². The molecule has 0 aromatic rings. The molecule has 0 bridgehead atoms. The second kappa shape index (κ2) is 6.50. The van der Waals surface area contributed by atoms with Gasteiger partial charge in [-0.25, -0.2) is 0 Å². The quantitative estimate of drug-likeness (QED) is 0.498. The molecule has 0 unspecified atom stereocenters. The predicted octanol–water partition coefficient (Wildman–Crippen LogP) is 2.67. The predicted molar refractivity (Wildman–Crippen MR) is 60.7 cm³/mol. The normalized spacial score (nSPS) is 10.7. The molecule has 0 aliphatic rings. The summed E-state index contributed by atoms with van der Waals surface area (Å²) in [5.74, 6) is 0.595. The molecule has 0 aliphatic heterocycles. The molecule has 2 nitrogen and oxygen atoms in total. The SMILES string of the molecule is C#COC(=C)CNC(C)(C)CCCC. The lowest BCUT2D eigenvalue weighted by atomic mass is 9.97. The molecule has 0 fully saturated rings. The van der Waals surface area contributed by atoms with E-state index in [0.717, 1.165) is 6.42 Å². The molecule has 0 aromatic carbocycles. The van der Waals surface area contributed by atoms with Crippen LogP contribution in [0.1, 0.15) is 40.0 Å². The zero-order valence-electron chi connectivity index (χ0n) is 9.52. The van der Waals surface area contributed by atoms with Crippen LogP contribution < -0.4 is 5.32 Å². The van der Waals surface area contributed by atoms with Crippen LogP contribution in [0.5, 0.6) is 0 Å². The Bertz CT molecular complexity index is 213. The summed E-state index contributed by atoms with van der Waals surface area (Å²) in [7, 11) is 0. The first-order valence-corrected chi connectivity index (χ1v) is 5.07. The topological polar surface area (TPSA) is 21.3 Å². The van der Waals surface area contributed by atoms with E-state index in [0.29, 0.717) is 12.3 Å². The third-order valence-corrected chi connectivity index (χ3v) is 2.12. The largest absolute Gasteiger partial charge is 0.411 e. The average Bonchev–Trinajstić information content (AvgIpc) is 2.13. The minimum atomic E-state index is 0.122. The second-order valence-electron chi connectivity index (χ2n) is 4.10. The van der Waals surface area contributed by atoms with Crippen LogP contribution in [0.15, 0.2) is 12.3 Å². The molecule has 0 heterocycles. The van der Waals surface area contributed by atoms with Crippen molar-refractivity contribution < 1.29 is 4.74 Å². The maximum atomic E-state index is 4.99. The molecular weight excluding hydrogens is 174 g/mol. The van der Waals surface area contributed by atoms with Gasteiger partial charge in [-0.1, -0.05) is 32.8 Å². The van der Waals surface area contributed by atoms with Crippen molar-refractivity contribution in [2.24, 2.45) is 0 Å². The Kier molecular flexibility index (Phi) is 6.07. The maximum Gasteiger partial charge on any atom is 0.123 e. The highest BCUT2D eigenvalue weighted by molar-refractivity contribution is 4.93. The molecule has 0 saturated carbocycles. The molecule has 2 heteroatoms. The van der Waals surface area contributed by atoms with Crippen molar-refractivity contribution in [3.63, 3.8) is 0 Å². The Balaban J connectivity index is 3.75. The van der Waals surface area contributed by atoms with E-state index >= 15 is 0 Å². The lowest BCUT2D eigenvalue weighted by molar-refractivity contribution is 0.314. The summed E-state index contributed by atoms with van der Waals surface area (Å²) in [4.78, 5) is 0. The van der Waals surface area contributed by atoms with Gasteiger partial charge in [0.05, 0.1) is 6.54 Å². The van der Waals surface area contributed by atoms with Gasteiger partial charge in [0.1, 0.15) is 11.9 Å². The molecule has 0 spiro atoms. The molecule has 0 rings (SSSR count). The number of unbranched alkanes of at least 4 members (excludes halogenated alkanes) is 1. The van der Waals surface area contributed by atoms with Gasteiger partial charge in [-0.15, -0.1) is 0 Å². The minimum absolute atomic E-state index is 0.122. The highest BCUT2D eigenvalue weighted by Gasteiger charge is 2.15. The molecule has 0 aliphatic carbocycles. The number of terminal acetylenes is 1. The van der Waals surface area contributed by atoms with Gasteiger partial charge in [-0.2, -0.15) is 0 Å². The van der Waals surface area contributed by atoms with Crippen LogP contribution in [0.2, 0.25) is 0 Å². The van der Waals surface area contributed by atoms with Gasteiger partial charge in [0.15, 0.2) is 0 Å². The summed E-state index contributed by atoms with van der Waals surface area (Å²) < 4.78 is 4.81. The van der Waals surface area contributed by atoms with Crippen LogP contribution in [0.4, 0.5) is 0 Å². The molecule has 0 aromatic heterocycles. The van der Waals surface area contributed by atoms with Crippen LogP contribution >= 0.6 is 0 Å². The minimum Gasteiger partial charge on any atom is -0.411 e. The highest BCUT2D eigenvalue weighted by Crippen LogP contribution is 2.12. The van der Waals surface area contributed by atoms with Crippen molar-refractivity contribution in [1.82, 2.24) is 5.32 Å². The fraction of sp³-hybridized carbons (Fsp3) is 0.667. The first-order chi connectivity index (χ1) is 6.52. The van der Waals surface area contributed by atoms with Crippen molar-refractivity contribution in [3.8, 4) is 12.5 Å². The zero-order chi connectivity index (χ0) is 11.0. The van der Waals surface area contributed by atoms with Crippen LogP contribution in [0.25, 0.3) is 0 Å². The van der Waals surface area contributed by atoms with Gasteiger partial charge in [0, 0.05) is 5.54 Å². The number of ether oxygens (including phenoxy) is 1. The number of rotatable bonds is 7. The van der Waals surface area contributed by atoms with Gasteiger partial charge in [-0.05, 0) is 20.3 Å². The Hall–Kier alpha value is -0.940. The van der Waals surface area contributed by atoms with E-state index in [1.165, 1.54) is 12.8 Å². The third-order valence-electron chi connectivity index (χ3n) is 2.12. The molecule has 14 heavy (non-hydrogen) atoms. The van der Waals surface area contributed by atoms with Crippen molar-refractivity contribution in [3.05, 3.63) is 12.3 Å². The van der Waals surface area contributed by atoms with E-state index in [-0.39, 0.29) is 5.54 Å². The van der Waals surface area contributed by atoms with Gasteiger partial charge >= 0.3 is 0 Å². The summed E-state index contributed by atoms with van der Waals surface area (Å²) in [5, 5.41) is 3.36. The molecule has 0 amide bonds. The van der Waals surface area contributed by atoms with Crippen LogP contribution in [0, 0.1) is 12.5 Å². The monoisotopic (exact) mass is 195 g/mol. The van der Waals surface area contributed by atoms with Crippen molar-refractivity contribution in [2.45, 2.75) is 45.6 Å². The first kappa shape index (κ1) is 13.1. The lowest BCUT2D eigenvalue weighted by Gasteiger charge is -2.26. The fourth-order valence-corrected chi connectivity index (χ4v) is 1.16.